The highest BCUT2D eigenvalue weighted by molar-refractivity contribution is 9.10. The van der Waals surface area contributed by atoms with Crippen molar-refractivity contribution in [3.8, 4) is 11.5 Å². The van der Waals surface area contributed by atoms with E-state index in [-0.39, 0.29) is 10.3 Å². The molecule has 0 saturated carbocycles. The van der Waals surface area contributed by atoms with Crippen molar-refractivity contribution >= 4 is 39.1 Å². The summed E-state index contributed by atoms with van der Waals surface area (Å²) in [7, 11) is 0. The minimum absolute atomic E-state index is 0.278. The average molecular weight is 319 g/mol. The Kier molecular flexibility index (Phi) is 3.42. The summed E-state index contributed by atoms with van der Waals surface area (Å²) in [5.74, 6) is 0.427. The van der Waals surface area contributed by atoms with Crippen molar-refractivity contribution in [3.63, 3.8) is 0 Å². The molecule has 0 aliphatic heterocycles. The molecule has 82 valence electrons. The number of rotatable bonds is 1. The molecule has 2 heterocycles. The topological polar surface area (TPSA) is 38.7 Å². The van der Waals surface area contributed by atoms with Gasteiger partial charge in [-0.05, 0) is 34.5 Å². The third kappa shape index (κ3) is 2.19. The molecule has 0 bridgehead atoms. The second kappa shape index (κ2) is 4.65. The second-order valence-electron chi connectivity index (χ2n) is 3.11. The van der Waals surface area contributed by atoms with E-state index in [4.69, 9.17) is 23.2 Å². The van der Waals surface area contributed by atoms with Gasteiger partial charge in [-0.1, -0.05) is 29.3 Å². The summed E-state index contributed by atoms with van der Waals surface area (Å²) in [6.07, 6.45) is 1.68. The minimum atomic E-state index is 0.278. The van der Waals surface area contributed by atoms with Crippen LogP contribution in [0.5, 0.6) is 0 Å². The van der Waals surface area contributed by atoms with Gasteiger partial charge in [0.1, 0.15) is 16.0 Å². The van der Waals surface area contributed by atoms with Crippen LogP contribution in [0.3, 0.4) is 0 Å². The van der Waals surface area contributed by atoms with E-state index in [0.717, 1.165) is 5.56 Å². The molecular weight excluding hydrogens is 313 g/mol. The number of halogens is 3. The van der Waals surface area contributed by atoms with Crippen LogP contribution in [0.2, 0.25) is 10.3 Å². The smallest absolute Gasteiger partial charge is 0.181 e. The Labute approximate surface area is 111 Å². The van der Waals surface area contributed by atoms with E-state index in [9.17, 15) is 0 Å². The second-order valence-corrected chi connectivity index (χ2v) is 4.62. The largest absolute Gasteiger partial charge is 0.253 e. The maximum atomic E-state index is 5.91. The Bertz CT molecular complexity index is 522. The molecule has 2 aromatic rings. The van der Waals surface area contributed by atoms with Crippen LogP contribution in [0, 0.1) is 6.92 Å². The Morgan fingerprint density at radius 2 is 1.81 bits per heavy atom. The molecule has 0 aromatic carbocycles. The lowest BCUT2D eigenvalue weighted by Crippen LogP contribution is -1.96. The summed E-state index contributed by atoms with van der Waals surface area (Å²) in [5.41, 5.74) is 1.65. The molecule has 0 aliphatic carbocycles. The van der Waals surface area contributed by atoms with E-state index in [1.807, 2.05) is 19.1 Å². The molecular formula is C10H6BrCl2N3. The molecule has 0 radical (unpaired) electrons. The lowest BCUT2D eigenvalue weighted by Gasteiger charge is -2.05. The number of hydrogen-bond acceptors (Lipinski definition) is 3. The molecule has 0 atom stereocenters. The molecule has 0 unspecified atom stereocenters. The molecule has 2 aromatic heterocycles. The van der Waals surface area contributed by atoms with Crippen molar-refractivity contribution in [2.45, 2.75) is 6.92 Å². The van der Waals surface area contributed by atoms with Gasteiger partial charge in [-0.25, -0.2) is 9.97 Å². The fourth-order valence-electron chi connectivity index (χ4n) is 1.22. The maximum Gasteiger partial charge on any atom is 0.181 e. The molecule has 6 heteroatoms. The first-order valence-corrected chi connectivity index (χ1v) is 5.95. The first kappa shape index (κ1) is 11.8. The van der Waals surface area contributed by atoms with Crippen molar-refractivity contribution < 1.29 is 0 Å². The zero-order chi connectivity index (χ0) is 11.7. The zero-order valence-electron chi connectivity index (χ0n) is 8.21. The van der Waals surface area contributed by atoms with E-state index in [2.05, 4.69) is 30.9 Å². The summed E-state index contributed by atoms with van der Waals surface area (Å²) in [6.45, 7) is 1.93. The summed E-state index contributed by atoms with van der Waals surface area (Å²) >= 11 is 15.0. The van der Waals surface area contributed by atoms with E-state index in [1.54, 1.807) is 6.20 Å². The molecule has 0 spiro atoms. The predicted molar refractivity (Wildman–Crippen MR) is 67.7 cm³/mol. The molecule has 0 amide bonds. The number of pyridine rings is 1. The zero-order valence-corrected chi connectivity index (χ0v) is 11.3. The highest BCUT2D eigenvalue weighted by atomic mass is 79.9. The minimum Gasteiger partial charge on any atom is -0.253 e. The standard InChI is InChI=1S/C10H6BrCl2N3/c1-5-3-2-4-14-7(5)10-15-8(12)6(11)9(13)16-10/h2-4H,1H3. The van der Waals surface area contributed by atoms with Gasteiger partial charge in [0.15, 0.2) is 5.82 Å². The molecule has 3 nitrogen and oxygen atoms in total. The first-order chi connectivity index (χ1) is 7.59. The van der Waals surface area contributed by atoms with E-state index in [1.165, 1.54) is 0 Å². The summed E-state index contributed by atoms with van der Waals surface area (Å²) in [5, 5.41) is 0.556. The number of aromatic nitrogens is 3. The molecule has 2 rings (SSSR count). The average Bonchev–Trinajstić information content (AvgIpc) is 2.26. The van der Waals surface area contributed by atoms with E-state index in [0.29, 0.717) is 16.0 Å². The third-order valence-corrected chi connectivity index (χ3v) is 3.75. The molecule has 16 heavy (non-hydrogen) atoms. The maximum absolute atomic E-state index is 5.91. The van der Waals surface area contributed by atoms with E-state index >= 15 is 0 Å². The summed E-state index contributed by atoms with van der Waals surface area (Å²) < 4.78 is 0.494. The van der Waals surface area contributed by atoms with Crippen molar-refractivity contribution in [2.75, 3.05) is 0 Å². The molecule has 0 aliphatic rings. The van der Waals surface area contributed by atoms with Crippen LogP contribution in [-0.4, -0.2) is 15.0 Å². The van der Waals surface area contributed by atoms with Gasteiger partial charge in [-0.15, -0.1) is 0 Å². The van der Waals surface area contributed by atoms with Crippen LogP contribution < -0.4 is 0 Å². The van der Waals surface area contributed by atoms with Gasteiger partial charge in [-0.3, -0.25) is 4.98 Å². The number of aryl methyl sites for hydroxylation is 1. The van der Waals surface area contributed by atoms with Gasteiger partial charge in [0, 0.05) is 6.20 Å². The van der Waals surface area contributed by atoms with Crippen molar-refractivity contribution in [1.82, 2.24) is 15.0 Å². The van der Waals surface area contributed by atoms with Crippen molar-refractivity contribution in [2.24, 2.45) is 0 Å². The highest BCUT2D eigenvalue weighted by Gasteiger charge is 2.12. The van der Waals surface area contributed by atoms with Crippen LogP contribution >= 0.6 is 39.1 Å². The normalized spacial score (nSPS) is 10.5. The van der Waals surface area contributed by atoms with Crippen molar-refractivity contribution in [3.05, 3.63) is 38.7 Å². The summed E-state index contributed by atoms with van der Waals surface area (Å²) in [6, 6.07) is 3.77. The predicted octanol–water partition coefficient (Wildman–Crippen LogP) is 3.92. The lowest BCUT2D eigenvalue weighted by molar-refractivity contribution is 1.11. The van der Waals surface area contributed by atoms with Gasteiger partial charge >= 0.3 is 0 Å². The Balaban J connectivity index is 2.62. The molecule has 0 saturated heterocycles. The SMILES string of the molecule is Cc1cccnc1-c1nc(Cl)c(Br)c(Cl)n1. The van der Waals surface area contributed by atoms with E-state index < -0.39 is 0 Å². The van der Waals surface area contributed by atoms with Gasteiger partial charge in [-0.2, -0.15) is 0 Å². The summed E-state index contributed by atoms with van der Waals surface area (Å²) in [4.78, 5) is 12.5. The fourth-order valence-corrected chi connectivity index (χ4v) is 1.78. The third-order valence-electron chi connectivity index (χ3n) is 1.99. The van der Waals surface area contributed by atoms with Gasteiger partial charge < -0.3 is 0 Å². The lowest BCUT2D eigenvalue weighted by atomic mass is 10.2. The van der Waals surface area contributed by atoms with Crippen molar-refractivity contribution in [1.29, 1.82) is 0 Å². The Hall–Kier alpha value is -0.710. The van der Waals surface area contributed by atoms with Crippen LogP contribution in [0.1, 0.15) is 5.56 Å². The monoisotopic (exact) mass is 317 g/mol. The molecule has 0 fully saturated rings. The van der Waals surface area contributed by atoms with Gasteiger partial charge in [0.05, 0.1) is 4.47 Å². The number of nitrogens with zero attached hydrogens (tertiary/aromatic N) is 3. The van der Waals surface area contributed by atoms with Crippen LogP contribution in [-0.2, 0) is 0 Å². The Morgan fingerprint density at radius 1 is 1.19 bits per heavy atom. The van der Waals surface area contributed by atoms with Crippen LogP contribution in [0.25, 0.3) is 11.5 Å². The van der Waals surface area contributed by atoms with Crippen LogP contribution in [0.4, 0.5) is 0 Å². The fraction of sp³-hybridized carbons (Fsp3) is 0.100. The quantitative estimate of drug-likeness (QED) is 0.748. The van der Waals surface area contributed by atoms with Gasteiger partial charge in [0.2, 0.25) is 0 Å². The van der Waals surface area contributed by atoms with Crippen LogP contribution in [0.15, 0.2) is 22.8 Å². The Morgan fingerprint density at radius 3 is 2.38 bits per heavy atom. The number of hydrogen-bond donors (Lipinski definition) is 0. The van der Waals surface area contributed by atoms with Gasteiger partial charge in [0.25, 0.3) is 0 Å². The molecule has 0 N–H and O–H groups in total. The first-order valence-electron chi connectivity index (χ1n) is 4.40. The highest BCUT2D eigenvalue weighted by Crippen LogP contribution is 2.29.